The van der Waals surface area contributed by atoms with Crippen molar-refractivity contribution in [1.29, 1.82) is 0 Å². The van der Waals surface area contributed by atoms with Gasteiger partial charge in [0, 0.05) is 23.4 Å². The van der Waals surface area contributed by atoms with Gasteiger partial charge in [0.15, 0.2) is 0 Å². The summed E-state index contributed by atoms with van der Waals surface area (Å²) in [5.41, 5.74) is 2.98. The molecule has 156 valence electrons. The van der Waals surface area contributed by atoms with Gasteiger partial charge in [0.05, 0.1) is 0 Å². The summed E-state index contributed by atoms with van der Waals surface area (Å²) in [6.07, 6.45) is 2.87. The molecule has 1 aliphatic heterocycles. The molecular formula is C23H30ClN3O2. The summed E-state index contributed by atoms with van der Waals surface area (Å²) in [6.45, 7) is 6.18. The highest BCUT2D eigenvalue weighted by atomic mass is 35.5. The molecule has 2 atom stereocenters. The van der Waals surface area contributed by atoms with Crippen LogP contribution in [0.5, 0.6) is 0 Å². The van der Waals surface area contributed by atoms with Crippen molar-refractivity contribution < 1.29 is 9.59 Å². The molecule has 29 heavy (non-hydrogen) atoms. The average Bonchev–Trinajstić information content (AvgIpc) is 2.71. The van der Waals surface area contributed by atoms with Crippen LogP contribution in [0.2, 0.25) is 0 Å². The van der Waals surface area contributed by atoms with Crippen molar-refractivity contribution in [3.8, 4) is 0 Å². The Labute approximate surface area is 179 Å². The van der Waals surface area contributed by atoms with Crippen molar-refractivity contribution in [3.05, 3.63) is 59.7 Å². The summed E-state index contributed by atoms with van der Waals surface area (Å²) in [5.74, 6) is 0.749. The van der Waals surface area contributed by atoms with Crippen molar-refractivity contribution in [2.75, 3.05) is 23.7 Å². The van der Waals surface area contributed by atoms with Crippen LogP contribution in [0.25, 0.3) is 0 Å². The summed E-state index contributed by atoms with van der Waals surface area (Å²) < 4.78 is 0. The maximum absolute atomic E-state index is 12.6. The van der Waals surface area contributed by atoms with Crippen LogP contribution in [0, 0.1) is 18.8 Å². The van der Waals surface area contributed by atoms with Crippen LogP contribution in [0.3, 0.4) is 0 Å². The van der Waals surface area contributed by atoms with Gasteiger partial charge in [0.1, 0.15) is 0 Å². The SMILES string of the molecule is Cc1ccc(NC(=O)c2ccccc2)cc1NC(=O)CC(C)C1CCCNC1.Cl. The third kappa shape index (κ3) is 6.58. The molecule has 2 aromatic carbocycles. The van der Waals surface area contributed by atoms with Crippen LogP contribution in [0.15, 0.2) is 48.5 Å². The van der Waals surface area contributed by atoms with Crippen LogP contribution in [0.4, 0.5) is 11.4 Å². The number of carbonyl (C=O) groups is 2. The third-order valence-electron chi connectivity index (χ3n) is 5.45. The molecule has 0 spiro atoms. The highest BCUT2D eigenvalue weighted by Crippen LogP contribution is 2.25. The molecule has 2 aromatic rings. The number of hydrogen-bond acceptors (Lipinski definition) is 3. The lowest BCUT2D eigenvalue weighted by molar-refractivity contribution is -0.117. The van der Waals surface area contributed by atoms with Gasteiger partial charge in [-0.1, -0.05) is 31.2 Å². The maximum Gasteiger partial charge on any atom is 0.255 e. The van der Waals surface area contributed by atoms with Crippen molar-refractivity contribution in [1.82, 2.24) is 5.32 Å². The van der Waals surface area contributed by atoms with Crippen LogP contribution >= 0.6 is 12.4 Å². The largest absolute Gasteiger partial charge is 0.326 e. The van der Waals surface area contributed by atoms with Crippen LogP contribution < -0.4 is 16.0 Å². The predicted octanol–water partition coefficient (Wildman–Crippen LogP) is 4.63. The van der Waals surface area contributed by atoms with E-state index in [9.17, 15) is 9.59 Å². The van der Waals surface area contributed by atoms with E-state index < -0.39 is 0 Å². The normalized spacial score (nSPS) is 17.0. The Kier molecular flexibility index (Phi) is 8.68. The van der Waals surface area contributed by atoms with E-state index in [0.29, 0.717) is 29.5 Å². The Morgan fingerprint density at radius 2 is 1.90 bits per heavy atom. The number of halogens is 1. The highest BCUT2D eigenvalue weighted by molar-refractivity contribution is 6.04. The maximum atomic E-state index is 12.6. The first-order valence-electron chi connectivity index (χ1n) is 10.0. The number of nitrogens with one attached hydrogen (secondary N) is 3. The van der Waals surface area contributed by atoms with E-state index in [-0.39, 0.29) is 24.2 Å². The zero-order valence-electron chi connectivity index (χ0n) is 17.0. The highest BCUT2D eigenvalue weighted by Gasteiger charge is 2.22. The van der Waals surface area contributed by atoms with E-state index in [1.165, 1.54) is 12.8 Å². The lowest BCUT2D eigenvalue weighted by Gasteiger charge is -2.28. The summed E-state index contributed by atoms with van der Waals surface area (Å²) in [5, 5.41) is 9.33. The van der Waals surface area contributed by atoms with Gasteiger partial charge in [-0.15, -0.1) is 12.4 Å². The fourth-order valence-corrected chi connectivity index (χ4v) is 3.65. The number of anilines is 2. The Hall–Kier alpha value is -2.37. The molecule has 0 bridgehead atoms. The van der Waals surface area contributed by atoms with E-state index in [4.69, 9.17) is 0 Å². The monoisotopic (exact) mass is 415 g/mol. The number of carbonyl (C=O) groups excluding carboxylic acids is 2. The molecule has 2 amide bonds. The van der Waals surface area contributed by atoms with E-state index in [1.54, 1.807) is 12.1 Å². The number of piperidine rings is 1. The number of benzene rings is 2. The molecule has 1 aliphatic rings. The van der Waals surface area contributed by atoms with E-state index >= 15 is 0 Å². The Morgan fingerprint density at radius 1 is 1.14 bits per heavy atom. The predicted molar refractivity (Wildman–Crippen MR) is 121 cm³/mol. The first-order valence-corrected chi connectivity index (χ1v) is 10.0. The molecule has 2 unspecified atom stereocenters. The van der Waals surface area contributed by atoms with Gasteiger partial charge in [-0.05, 0) is 74.5 Å². The van der Waals surface area contributed by atoms with Gasteiger partial charge in [0.25, 0.3) is 5.91 Å². The topological polar surface area (TPSA) is 70.2 Å². The first-order chi connectivity index (χ1) is 13.5. The Balaban J connectivity index is 0.00000300. The molecule has 3 rings (SSSR count). The van der Waals surface area contributed by atoms with Gasteiger partial charge in [-0.3, -0.25) is 9.59 Å². The fourth-order valence-electron chi connectivity index (χ4n) is 3.65. The Morgan fingerprint density at radius 3 is 2.59 bits per heavy atom. The van der Waals surface area contributed by atoms with Crippen molar-refractivity contribution in [2.24, 2.45) is 11.8 Å². The molecule has 6 heteroatoms. The quantitative estimate of drug-likeness (QED) is 0.644. The van der Waals surface area contributed by atoms with Crippen LogP contribution in [0.1, 0.15) is 42.1 Å². The minimum absolute atomic E-state index is 0. The molecule has 0 aromatic heterocycles. The zero-order valence-corrected chi connectivity index (χ0v) is 17.9. The fraction of sp³-hybridized carbons (Fsp3) is 0.391. The summed E-state index contributed by atoms with van der Waals surface area (Å²) >= 11 is 0. The zero-order chi connectivity index (χ0) is 19.9. The molecule has 1 saturated heterocycles. The van der Waals surface area contributed by atoms with Gasteiger partial charge in [-0.25, -0.2) is 0 Å². The molecule has 0 aliphatic carbocycles. The number of amides is 2. The minimum atomic E-state index is -0.167. The van der Waals surface area contributed by atoms with Crippen molar-refractivity contribution in [3.63, 3.8) is 0 Å². The van der Waals surface area contributed by atoms with Gasteiger partial charge in [-0.2, -0.15) is 0 Å². The molecule has 5 nitrogen and oxygen atoms in total. The molecule has 0 saturated carbocycles. The van der Waals surface area contributed by atoms with E-state index in [1.807, 2.05) is 43.3 Å². The Bertz CT molecular complexity index is 820. The van der Waals surface area contributed by atoms with Crippen molar-refractivity contribution >= 4 is 35.6 Å². The second-order valence-corrected chi connectivity index (χ2v) is 7.69. The summed E-state index contributed by atoms with van der Waals surface area (Å²) in [6, 6.07) is 14.7. The molecule has 0 radical (unpaired) electrons. The summed E-state index contributed by atoms with van der Waals surface area (Å²) in [4.78, 5) is 24.9. The lowest BCUT2D eigenvalue weighted by atomic mass is 9.85. The molecule has 3 N–H and O–H groups in total. The first kappa shape index (κ1) is 22.9. The molecule has 1 heterocycles. The van der Waals surface area contributed by atoms with Gasteiger partial charge < -0.3 is 16.0 Å². The number of hydrogen-bond donors (Lipinski definition) is 3. The second-order valence-electron chi connectivity index (χ2n) is 7.69. The average molecular weight is 416 g/mol. The van der Waals surface area contributed by atoms with Crippen LogP contribution in [-0.2, 0) is 4.79 Å². The molecular weight excluding hydrogens is 386 g/mol. The number of rotatable bonds is 6. The smallest absolute Gasteiger partial charge is 0.255 e. The van der Waals surface area contributed by atoms with Gasteiger partial charge in [0.2, 0.25) is 5.91 Å². The standard InChI is InChI=1S/C23H29N3O2.ClH/c1-16-10-11-20(25-23(28)18-7-4-3-5-8-18)14-21(16)26-22(27)13-17(2)19-9-6-12-24-15-19;/h3-5,7-8,10-11,14,17,19,24H,6,9,12-13,15H2,1-2H3,(H,25,28)(H,26,27);1H. The van der Waals surface area contributed by atoms with Gasteiger partial charge >= 0.3 is 0 Å². The minimum Gasteiger partial charge on any atom is -0.326 e. The van der Waals surface area contributed by atoms with Crippen molar-refractivity contribution in [2.45, 2.75) is 33.1 Å². The number of aryl methyl sites for hydroxylation is 1. The van der Waals surface area contributed by atoms with E-state index in [0.717, 1.165) is 24.3 Å². The third-order valence-corrected chi connectivity index (χ3v) is 5.45. The van der Waals surface area contributed by atoms with Crippen LogP contribution in [-0.4, -0.2) is 24.9 Å². The lowest BCUT2D eigenvalue weighted by Crippen LogP contribution is -2.34. The molecule has 1 fully saturated rings. The second kappa shape index (κ2) is 11.0. The van der Waals surface area contributed by atoms with E-state index in [2.05, 4.69) is 22.9 Å². The summed E-state index contributed by atoms with van der Waals surface area (Å²) in [7, 11) is 0.